The van der Waals surface area contributed by atoms with Crippen LogP contribution in [0, 0.1) is 10.1 Å². The van der Waals surface area contributed by atoms with Gasteiger partial charge in [0.25, 0.3) is 5.69 Å². The van der Waals surface area contributed by atoms with Gasteiger partial charge in [-0.1, -0.05) is 60.7 Å². The Morgan fingerprint density at radius 1 is 0.786 bits per heavy atom. The topological polar surface area (TPSA) is 96.5 Å². The third kappa shape index (κ3) is 3.68. The Bertz CT molecular complexity index is 1060. The maximum absolute atomic E-state index is 10.7. The summed E-state index contributed by atoms with van der Waals surface area (Å²) in [5, 5.41) is 19.0. The molecule has 0 bridgehead atoms. The predicted octanol–water partition coefficient (Wildman–Crippen LogP) is 6.07. The molecule has 3 aromatic carbocycles. The number of aromatic amines is 1. The van der Waals surface area contributed by atoms with Crippen molar-refractivity contribution in [3.63, 3.8) is 0 Å². The summed E-state index contributed by atoms with van der Waals surface area (Å²) in [5.41, 5.74) is 4.10. The van der Waals surface area contributed by atoms with Crippen molar-refractivity contribution in [2.45, 2.75) is 0 Å². The number of hydrogen-bond acceptors (Lipinski definition) is 5. The number of nitro benzene ring substituents is 1. The van der Waals surface area contributed by atoms with Gasteiger partial charge in [-0.25, -0.2) is 4.98 Å². The first-order valence-electron chi connectivity index (χ1n) is 8.58. The van der Waals surface area contributed by atoms with E-state index in [2.05, 4.69) is 20.2 Å². The van der Waals surface area contributed by atoms with Crippen LogP contribution in [0.4, 0.5) is 17.3 Å². The summed E-state index contributed by atoms with van der Waals surface area (Å²) in [7, 11) is 0. The average molecular weight is 369 g/mol. The Kier molecular flexibility index (Phi) is 4.71. The van der Waals surface area contributed by atoms with Crippen molar-refractivity contribution in [1.82, 2.24) is 9.97 Å². The van der Waals surface area contributed by atoms with E-state index in [0.717, 1.165) is 22.5 Å². The highest BCUT2D eigenvalue weighted by molar-refractivity contribution is 5.79. The fourth-order valence-electron chi connectivity index (χ4n) is 2.77. The van der Waals surface area contributed by atoms with E-state index in [9.17, 15) is 10.1 Å². The van der Waals surface area contributed by atoms with Gasteiger partial charge in [-0.2, -0.15) is 0 Å². The third-order valence-electron chi connectivity index (χ3n) is 4.12. The molecule has 7 nitrogen and oxygen atoms in total. The molecule has 0 saturated heterocycles. The molecule has 1 heterocycles. The third-order valence-corrected chi connectivity index (χ3v) is 4.12. The average Bonchev–Trinajstić information content (AvgIpc) is 3.18. The second kappa shape index (κ2) is 7.63. The first-order chi connectivity index (χ1) is 13.7. The lowest BCUT2D eigenvalue weighted by Crippen LogP contribution is -1.85. The second-order valence-corrected chi connectivity index (χ2v) is 5.99. The van der Waals surface area contributed by atoms with E-state index in [1.165, 1.54) is 12.1 Å². The molecule has 0 atom stereocenters. The van der Waals surface area contributed by atoms with Crippen molar-refractivity contribution < 1.29 is 4.92 Å². The number of non-ortho nitro benzene ring substituents is 1. The molecule has 1 aromatic heterocycles. The fourth-order valence-corrected chi connectivity index (χ4v) is 2.77. The largest absolute Gasteiger partial charge is 0.320 e. The maximum Gasteiger partial charge on any atom is 0.269 e. The van der Waals surface area contributed by atoms with E-state index in [4.69, 9.17) is 0 Å². The van der Waals surface area contributed by atoms with Crippen LogP contribution in [0.1, 0.15) is 0 Å². The molecule has 0 radical (unpaired) electrons. The van der Waals surface area contributed by atoms with Crippen LogP contribution in [0.2, 0.25) is 0 Å². The van der Waals surface area contributed by atoms with Gasteiger partial charge in [0.2, 0.25) is 5.95 Å². The Morgan fingerprint density at radius 2 is 1.39 bits per heavy atom. The van der Waals surface area contributed by atoms with E-state index in [1.54, 1.807) is 12.1 Å². The van der Waals surface area contributed by atoms with Crippen LogP contribution in [0.15, 0.2) is 95.2 Å². The van der Waals surface area contributed by atoms with Crippen LogP contribution in [0.25, 0.3) is 22.5 Å². The number of hydrogen-bond donors (Lipinski definition) is 1. The summed E-state index contributed by atoms with van der Waals surface area (Å²) in [6, 6.07) is 25.6. The molecule has 0 amide bonds. The summed E-state index contributed by atoms with van der Waals surface area (Å²) in [6.45, 7) is 0. The lowest BCUT2D eigenvalue weighted by Gasteiger charge is -2.02. The summed E-state index contributed by atoms with van der Waals surface area (Å²) in [4.78, 5) is 18.1. The van der Waals surface area contributed by atoms with Crippen LogP contribution in [0.5, 0.6) is 0 Å². The molecule has 0 spiro atoms. The SMILES string of the molecule is O=[N+]([O-])c1ccc(N=Nc2nc(-c3ccccc3)c(-c3ccccc3)[nH]2)cc1. The maximum atomic E-state index is 10.7. The van der Waals surface area contributed by atoms with Crippen LogP contribution in [0.3, 0.4) is 0 Å². The van der Waals surface area contributed by atoms with Crippen molar-refractivity contribution in [2.24, 2.45) is 10.2 Å². The van der Waals surface area contributed by atoms with E-state index < -0.39 is 4.92 Å². The molecule has 0 fully saturated rings. The van der Waals surface area contributed by atoms with E-state index in [0.29, 0.717) is 11.6 Å². The quantitative estimate of drug-likeness (QED) is 0.263. The molecule has 0 aliphatic rings. The molecule has 0 saturated carbocycles. The van der Waals surface area contributed by atoms with Crippen molar-refractivity contribution in [3.05, 3.63) is 95.0 Å². The minimum Gasteiger partial charge on any atom is -0.320 e. The highest BCUT2D eigenvalue weighted by Gasteiger charge is 2.13. The number of benzene rings is 3. The van der Waals surface area contributed by atoms with Gasteiger partial charge in [0.15, 0.2) is 0 Å². The normalized spacial score (nSPS) is 11.0. The number of imidazole rings is 1. The number of nitrogens with one attached hydrogen (secondary N) is 1. The number of azo groups is 1. The van der Waals surface area contributed by atoms with Crippen molar-refractivity contribution in [3.8, 4) is 22.5 Å². The van der Waals surface area contributed by atoms with Crippen molar-refractivity contribution in [1.29, 1.82) is 0 Å². The van der Waals surface area contributed by atoms with E-state index >= 15 is 0 Å². The Hall–Kier alpha value is -4.13. The number of H-pyrrole nitrogens is 1. The van der Waals surface area contributed by atoms with Crippen LogP contribution in [-0.4, -0.2) is 14.9 Å². The number of nitro groups is 1. The van der Waals surface area contributed by atoms with Gasteiger partial charge in [-0.3, -0.25) is 10.1 Å². The molecule has 28 heavy (non-hydrogen) atoms. The van der Waals surface area contributed by atoms with Gasteiger partial charge in [0.1, 0.15) is 0 Å². The zero-order valence-corrected chi connectivity index (χ0v) is 14.7. The van der Waals surface area contributed by atoms with Crippen molar-refractivity contribution >= 4 is 17.3 Å². The van der Waals surface area contributed by atoms with Gasteiger partial charge in [-0.15, -0.1) is 10.2 Å². The zero-order valence-electron chi connectivity index (χ0n) is 14.7. The molecular weight excluding hydrogens is 354 g/mol. The number of rotatable bonds is 5. The minimum atomic E-state index is -0.453. The Balaban J connectivity index is 1.70. The Morgan fingerprint density at radius 3 is 2.00 bits per heavy atom. The van der Waals surface area contributed by atoms with Gasteiger partial charge >= 0.3 is 0 Å². The Labute approximate surface area is 160 Å². The summed E-state index contributed by atoms with van der Waals surface area (Å²) in [6.07, 6.45) is 0. The highest BCUT2D eigenvalue weighted by Crippen LogP contribution is 2.32. The first kappa shape index (κ1) is 17.3. The fraction of sp³-hybridized carbons (Fsp3) is 0. The molecule has 7 heteroatoms. The lowest BCUT2D eigenvalue weighted by molar-refractivity contribution is -0.384. The molecule has 4 aromatic rings. The standard InChI is InChI=1S/C21H15N5O2/c27-26(28)18-13-11-17(12-14-18)24-25-21-22-19(15-7-3-1-4-8-15)20(23-21)16-9-5-2-6-10-16/h1-14H,(H,22,23). The number of aromatic nitrogens is 2. The van der Waals surface area contributed by atoms with Crippen LogP contribution < -0.4 is 0 Å². The molecule has 1 N–H and O–H groups in total. The van der Waals surface area contributed by atoms with Gasteiger partial charge < -0.3 is 4.98 Å². The molecule has 0 aliphatic carbocycles. The first-order valence-corrected chi connectivity index (χ1v) is 8.58. The highest BCUT2D eigenvalue weighted by atomic mass is 16.6. The lowest BCUT2D eigenvalue weighted by atomic mass is 10.1. The van der Waals surface area contributed by atoms with Crippen LogP contribution in [-0.2, 0) is 0 Å². The molecule has 0 unspecified atom stereocenters. The van der Waals surface area contributed by atoms with E-state index in [-0.39, 0.29) is 5.69 Å². The van der Waals surface area contributed by atoms with Gasteiger partial charge in [-0.05, 0) is 12.1 Å². The smallest absolute Gasteiger partial charge is 0.269 e. The van der Waals surface area contributed by atoms with Gasteiger partial charge in [0.05, 0.1) is 22.0 Å². The van der Waals surface area contributed by atoms with E-state index in [1.807, 2.05) is 60.7 Å². The van der Waals surface area contributed by atoms with Crippen molar-refractivity contribution in [2.75, 3.05) is 0 Å². The summed E-state index contributed by atoms with van der Waals surface area (Å²) < 4.78 is 0. The summed E-state index contributed by atoms with van der Waals surface area (Å²) in [5.74, 6) is 0.357. The molecular formula is C21H15N5O2. The van der Waals surface area contributed by atoms with Crippen LogP contribution >= 0.6 is 0 Å². The molecule has 4 rings (SSSR count). The zero-order chi connectivity index (χ0) is 19.3. The second-order valence-electron chi connectivity index (χ2n) is 5.99. The summed E-state index contributed by atoms with van der Waals surface area (Å²) >= 11 is 0. The number of nitrogens with zero attached hydrogens (tertiary/aromatic N) is 4. The predicted molar refractivity (Wildman–Crippen MR) is 107 cm³/mol. The molecule has 136 valence electrons. The minimum absolute atomic E-state index is 0.00896. The molecule has 0 aliphatic heterocycles. The monoisotopic (exact) mass is 369 g/mol. The van der Waals surface area contributed by atoms with Gasteiger partial charge in [0, 0.05) is 23.3 Å².